The van der Waals surface area contributed by atoms with Gasteiger partial charge in [-0.05, 0) is 11.6 Å². The molecular formula is C14H18ClN3O2S. The third-order valence-electron chi connectivity index (χ3n) is 3.52. The van der Waals surface area contributed by atoms with Crippen LogP contribution in [0.3, 0.4) is 0 Å². The van der Waals surface area contributed by atoms with Crippen LogP contribution in [0.1, 0.15) is 5.56 Å². The van der Waals surface area contributed by atoms with E-state index in [1.54, 1.807) is 10.5 Å². The fourth-order valence-corrected chi connectivity index (χ4v) is 4.04. The topological polar surface area (TPSA) is 62.3 Å². The molecule has 0 spiro atoms. The van der Waals surface area contributed by atoms with E-state index in [2.05, 4.69) is 10.3 Å². The van der Waals surface area contributed by atoms with Gasteiger partial charge in [0.15, 0.2) is 0 Å². The average molecular weight is 328 g/mol. The van der Waals surface area contributed by atoms with Crippen LogP contribution in [-0.4, -0.2) is 43.9 Å². The van der Waals surface area contributed by atoms with Gasteiger partial charge < -0.3 is 5.32 Å². The molecule has 1 aromatic heterocycles. The fraction of sp³-hybridized carbons (Fsp3) is 0.357. The SMILES string of the molecule is Cl.O=S(=O)(Cc1cccc2cccnc12)N1CCNCC1. The normalized spacial score (nSPS) is 16.6. The molecule has 2 aromatic rings. The lowest BCUT2D eigenvalue weighted by Gasteiger charge is -2.26. The molecule has 1 aromatic carbocycles. The zero-order valence-electron chi connectivity index (χ0n) is 11.5. The molecule has 1 fully saturated rings. The van der Waals surface area contributed by atoms with E-state index in [9.17, 15) is 8.42 Å². The number of nitrogens with zero attached hydrogens (tertiary/aromatic N) is 2. The maximum atomic E-state index is 12.5. The van der Waals surface area contributed by atoms with Gasteiger partial charge in [-0.15, -0.1) is 12.4 Å². The van der Waals surface area contributed by atoms with Crippen LogP contribution in [0.2, 0.25) is 0 Å². The minimum atomic E-state index is -3.27. The van der Waals surface area contributed by atoms with Crippen molar-refractivity contribution in [2.24, 2.45) is 0 Å². The van der Waals surface area contributed by atoms with Gasteiger partial charge in [0.25, 0.3) is 0 Å². The first-order valence-corrected chi connectivity index (χ1v) is 8.29. The lowest BCUT2D eigenvalue weighted by Crippen LogP contribution is -2.46. The van der Waals surface area contributed by atoms with Crippen molar-refractivity contribution >= 4 is 33.3 Å². The summed E-state index contributed by atoms with van der Waals surface area (Å²) in [6, 6.07) is 9.48. The van der Waals surface area contributed by atoms with Crippen molar-refractivity contribution in [2.75, 3.05) is 26.2 Å². The van der Waals surface area contributed by atoms with Crippen molar-refractivity contribution in [2.45, 2.75) is 5.75 Å². The summed E-state index contributed by atoms with van der Waals surface area (Å²) in [7, 11) is -3.27. The smallest absolute Gasteiger partial charge is 0.218 e. The molecule has 1 N–H and O–H groups in total. The molecule has 0 amide bonds. The number of benzene rings is 1. The first-order valence-electron chi connectivity index (χ1n) is 6.68. The Morgan fingerprint density at radius 2 is 1.86 bits per heavy atom. The number of halogens is 1. The summed E-state index contributed by atoms with van der Waals surface area (Å²) in [5.74, 6) is 0.0152. The second-order valence-corrected chi connectivity index (χ2v) is 6.87. The third-order valence-corrected chi connectivity index (χ3v) is 5.35. The standard InChI is InChI=1S/C14H17N3O2S.ClH/c18-20(19,17-9-7-15-8-10-17)11-13-4-1-3-12-5-2-6-16-14(12)13;/h1-6,15H,7-11H2;1H. The predicted molar refractivity (Wildman–Crippen MR) is 86.1 cm³/mol. The Kier molecular flexibility index (Phi) is 5.16. The molecule has 1 aliphatic rings. The van der Waals surface area contributed by atoms with Crippen LogP contribution in [0, 0.1) is 0 Å². The number of pyridine rings is 1. The molecule has 0 saturated carbocycles. The molecule has 0 bridgehead atoms. The number of piperazine rings is 1. The Balaban J connectivity index is 0.00000161. The van der Waals surface area contributed by atoms with Crippen LogP contribution in [0.5, 0.6) is 0 Å². The third kappa shape index (κ3) is 3.52. The van der Waals surface area contributed by atoms with E-state index in [1.807, 2.05) is 30.3 Å². The highest BCUT2D eigenvalue weighted by atomic mass is 35.5. The second kappa shape index (κ2) is 6.70. The van der Waals surface area contributed by atoms with E-state index in [4.69, 9.17) is 0 Å². The molecule has 114 valence electrons. The second-order valence-electron chi connectivity index (χ2n) is 4.90. The zero-order chi connectivity index (χ0) is 14.0. The molecule has 0 aliphatic carbocycles. The van der Waals surface area contributed by atoms with Gasteiger partial charge in [-0.3, -0.25) is 4.98 Å². The number of para-hydroxylation sites is 1. The molecule has 0 radical (unpaired) electrons. The van der Waals surface area contributed by atoms with E-state index in [0.717, 1.165) is 16.5 Å². The summed E-state index contributed by atoms with van der Waals surface area (Å²) < 4.78 is 26.5. The number of sulfonamides is 1. The first-order chi connectivity index (χ1) is 9.67. The van der Waals surface area contributed by atoms with Gasteiger partial charge >= 0.3 is 0 Å². The quantitative estimate of drug-likeness (QED) is 0.925. The highest BCUT2D eigenvalue weighted by Crippen LogP contribution is 2.19. The number of aromatic nitrogens is 1. The van der Waals surface area contributed by atoms with Crippen molar-refractivity contribution in [1.29, 1.82) is 0 Å². The van der Waals surface area contributed by atoms with Gasteiger partial charge in [0.05, 0.1) is 11.3 Å². The van der Waals surface area contributed by atoms with Crippen LogP contribution in [0.15, 0.2) is 36.5 Å². The Hall–Kier alpha value is -1.21. The summed E-state index contributed by atoms with van der Waals surface area (Å²) >= 11 is 0. The number of fused-ring (bicyclic) bond motifs is 1. The Morgan fingerprint density at radius 1 is 1.14 bits per heavy atom. The molecule has 0 atom stereocenters. The van der Waals surface area contributed by atoms with E-state index >= 15 is 0 Å². The molecular weight excluding hydrogens is 310 g/mol. The molecule has 3 rings (SSSR count). The average Bonchev–Trinajstić information content (AvgIpc) is 2.48. The lowest BCUT2D eigenvalue weighted by atomic mass is 10.1. The van der Waals surface area contributed by atoms with E-state index in [-0.39, 0.29) is 18.2 Å². The van der Waals surface area contributed by atoms with Crippen molar-refractivity contribution in [3.8, 4) is 0 Å². The minimum Gasteiger partial charge on any atom is -0.314 e. The molecule has 1 aliphatic heterocycles. The summed E-state index contributed by atoms with van der Waals surface area (Å²) in [5.41, 5.74) is 1.54. The Labute approximate surface area is 130 Å². The maximum Gasteiger partial charge on any atom is 0.218 e. The van der Waals surface area contributed by atoms with Crippen LogP contribution < -0.4 is 5.32 Å². The van der Waals surface area contributed by atoms with Gasteiger partial charge in [0.2, 0.25) is 10.0 Å². The zero-order valence-corrected chi connectivity index (χ0v) is 13.2. The van der Waals surface area contributed by atoms with E-state index in [1.165, 1.54) is 0 Å². The summed E-state index contributed by atoms with van der Waals surface area (Å²) in [4.78, 5) is 4.32. The highest BCUT2D eigenvalue weighted by Gasteiger charge is 2.24. The van der Waals surface area contributed by atoms with Crippen molar-refractivity contribution in [3.63, 3.8) is 0 Å². The highest BCUT2D eigenvalue weighted by molar-refractivity contribution is 7.88. The van der Waals surface area contributed by atoms with Crippen LogP contribution in [0.25, 0.3) is 10.9 Å². The van der Waals surface area contributed by atoms with Crippen LogP contribution in [0.4, 0.5) is 0 Å². The summed E-state index contributed by atoms with van der Waals surface area (Å²) in [6.07, 6.45) is 1.70. The van der Waals surface area contributed by atoms with Crippen molar-refractivity contribution in [1.82, 2.24) is 14.6 Å². The molecule has 2 heterocycles. The molecule has 21 heavy (non-hydrogen) atoms. The Bertz CT molecular complexity index is 710. The van der Waals surface area contributed by atoms with Gasteiger partial charge in [-0.25, -0.2) is 8.42 Å². The predicted octanol–water partition coefficient (Wildman–Crippen LogP) is 1.39. The van der Waals surface area contributed by atoms with Gasteiger partial charge in [-0.1, -0.05) is 24.3 Å². The van der Waals surface area contributed by atoms with Crippen LogP contribution in [-0.2, 0) is 15.8 Å². The molecule has 5 nitrogen and oxygen atoms in total. The van der Waals surface area contributed by atoms with E-state index in [0.29, 0.717) is 26.2 Å². The molecule has 0 unspecified atom stereocenters. The van der Waals surface area contributed by atoms with Crippen LogP contribution >= 0.6 is 12.4 Å². The first kappa shape index (κ1) is 16.2. The number of hydrogen-bond donors (Lipinski definition) is 1. The molecule has 1 saturated heterocycles. The maximum absolute atomic E-state index is 12.5. The minimum absolute atomic E-state index is 0. The largest absolute Gasteiger partial charge is 0.314 e. The Morgan fingerprint density at radius 3 is 2.62 bits per heavy atom. The van der Waals surface area contributed by atoms with E-state index < -0.39 is 10.0 Å². The lowest BCUT2D eigenvalue weighted by molar-refractivity contribution is 0.360. The van der Waals surface area contributed by atoms with Crippen molar-refractivity contribution < 1.29 is 8.42 Å². The monoisotopic (exact) mass is 327 g/mol. The number of nitrogens with one attached hydrogen (secondary N) is 1. The van der Waals surface area contributed by atoms with Gasteiger partial charge in [-0.2, -0.15) is 4.31 Å². The van der Waals surface area contributed by atoms with Gasteiger partial charge in [0.1, 0.15) is 0 Å². The number of rotatable bonds is 3. The molecule has 7 heteroatoms. The summed E-state index contributed by atoms with van der Waals surface area (Å²) in [5, 5.41) is 4.13. The van der Waals surface area contributed by atoms with Crippen molar-refractivity contribution in [3.05, 3.63) is 42.1 Å². The van der Waals surface area contributed by atoms with Gasteiger partial charge in [0, 0.05) is 37.8 Å². The fourth-order valence-electron chi connectivity index (χ4n) is 2.49. The number of hydrogen-bond acceptors (Lipinski definition) is 4. The summed E-state index contributed by atoms with van der Waals surface area (Å²) in [6.45, 7) is 2.51.